The minimum absolute atomic E-state index is 0.120. The van der Waals surface area contributed by atoms with Crippen molar-refractivity contribution in [3.63, 3.8) is 0 Å². The monoisotopic (exact) mass is 400 g/mol. The smallest absolute Gasteiger partial charge is 0.235 e. The molecule has 4 nitrogen and oxygen atoms in total. The number of amides is 2. The van der Waals surface area contributed by atoms with Gasteiger partial charge >= 0.3 is 0 Å². The quantitative estimate of drug-likeness (QED) is 0.772. The predicted octanol–water partition coefficient (Wildman–Crippen LogP) is 3.62. The van der Waals surface area contributed by atoms with Gasteiger partial charge in [-0.25, -0.2) is 0 Å². The number of benzene rings is 1. The Labute approximate surface area is 167 Å². The van der Waals surface area contributed by atoms with Crippen molar-refractivity contribution in [1.82, 2.24) is 9.80 Å². The first-order chi connectivity index (χ1) is 13.1. The molecular weight excluding hydrogens is 380 g/mol. The molecule has 0 unspecified atom stereocenters. The van der Waals surface area contributed by atoms with E-state index >= 15 is 0 Å². The van der Waals surface area contributed by atoms with Gasteiger partial charge in [-0.1, -0.05) is 29.8 Å². The Morgan fingerprint density at radius 2 is 2.07 bits per heavy atom. The molecule has 3 aliphatic heterocycles. The number of hydrogen-bond donors (Lipinski definition) is 0. The number of thiophene rings is 1. The fourth-order valence-electron chi connectivity index (χ4n) is 5.02. The molecule has 0 spiro atoms. The van der Waals surface area contributed by atoms with Crippen molar-refractivity contribution in [2.45, 2.75) is 43.7 Å². The van der Waals surface area contributed by atoms with E-state index in [1.54, 1.807) is 11.3 Å². The van der Waals surface area contributed by atoms with Crippen molar-refractivity contribution in [1.29, 1.82) is 0 Å². The molecule has 0 bridgehead atoms. The summed E-state index contributed by atoms with van der Waals surface area (Å²) in [5.41, 5.74) is 1.39. The highest BCUT2D eigenvalue weighted by molar-refractivity contribution is 7.10. The molecule has 6 heteroatoms. The maximum atomic E-state index is 13.9. The van der Waals surface area contributed by atoms with Crippen LogP contribution in [0.5, 0.6) is 0 Å². The molecule has 2 amide bonds. The second-order valence-electron chi connectivity index (χ2n) is 7.83. The van der Waals surface area contributed by atoms with Crippen LogP contribution in [0.25, 0.3) is 0 Å². The summed E-state index contributed by atoms with van der Waals surface area (Å²) in [5, 5.41) is 2.72. The van der Waals surface area contributed by atoms with Crippen molar-refractivity contribution in [2.24, 2.45) is 0 Å². The summed E-state index contributed by atoms with van der Waals surface area (Å²) in [5.74, 6) is 0.287. The van der Waals surface area contributed by atoms with Crippen LogP contribution in [-0.4, -0.2) is 40.7 Å². The van der Waals surface area contributed by atoms with Gasteiger partial charge < -0.3 is 9.80 Å². The molecule has 2 aromatic rings. The van der Waals surface area contributed by atoms with Gasteiger partial charge in [-0.2, -0.15) is 0 Å². The van der Waals surface area contributed by atoms with Gasteiger partial charge in [0.25, 0.3) is 0 Å². The van der Waals surface area contributed by atoms with Crippen molar-refractivity contribution in [3.8, 4) is 0 Å². The zero-order valence-electron chi connectivity index (χ0n) is 15.0. The number of halogens is 1. The molecule has 0 radical (unpaired) electrons. The van der Waals surface area contributed by atoms with E-state index in [9.17, 15) is 9.59 Å². The Morgan fingerprint density at radius 1 is 1.22 bits per heavy atom. The van der Waals surface area contributed by atoms with Gasteiger partial charge in [-0.05, 0) is 47.9 Å². The molecule has 1 aromatic carbocycles. The number of carbonyl (C=O) groups excluding carboxylic acids is 2. The zero-order chi connectivity index (χ0) is 18.6. The van der Waals surface area contributed by atoms with E-state index in [4.69, 9.17) is 11.6 Å². The molecule has 140 valence electrons. The Bertz CT molecular complexity index is 926. The van der Waals surface area contributed by atoms with Crippen molar-refractivity contribution in [3.05, 3.63) is 56.7 Å². The van der Waals surface area contributed by atoms with Crippen LogP contribution < -0.4 is 0 Å². The summed E-state index contributed by atoms with van der Waals surface area (Å²) in [6, 6.07) is 9.92. The first-order valence-corrected chi connectivity index (χ1v) is 10.7. The van der Waals surface area contributed by atoms with Crippen LogP contribution in [0.1, 0.15) is 35.3 Å². The normalized spacial score (nSPS) is 27.0. The summed E-state index contributed by atoms with van der Waals surface area (Å²) in [6.45, 7) is 1.84. The summed E-state index contributed by atoms with van der Waals surface area (Å²) in [6.07, 6.45) is 3.02. The molecule has 0 N–H and O–H groups in total. The molecular formula is C21H21ClN2O2S. The van der Waals surface area contributed by atoms with E-state index in [1.165, 1.54) is 10.4 Å². The summed E-state index contributed by atoms with van der Waals surface area (Å²) in [7, 11) is 0. The van der Waals surface area contributed by atoms with Crippen molar-refractivity contribution >= 4 is 34.8 Å². The Morgan fingerprint density at radius 3 is 2.89 bits per heavy atom. The van der Waals surface area contributed by atoms with Crippen LogP contribution in [0.4, 0.5) is 0 Å². The second kappa shape index (κ2) is 6.35. The van der Waals surface area contributed by atoms with Gasteiger partial charge in [0.15, 0.2) is 0 Å². The lowest BCUT2D eigenvalue weighted by molar-refractivity contribution is -0.138. The molecule has 4 heterocycles. The lowest BCUT2D eigenvalue weighted by Crippen LogP contribution is -2.50. The zero-order valence-corrected chi connectivity index (χ0v) is 16.6. The molecule has 3 aliphatic rings. The fourth-order valence-corrected chi connectivity index (χ4v) is 6.23. The van der Waals surface area contributed by atoms with E-state index in [1.807, 2.05) is 34.1 Å². The van der Waals surface area contributed by atoms with E-state index < -0.39 is 5.41 Å². The molecule has 0 aliphatic carbocycles. The van der Waals surface area contributed by atoms with Crippen LogP contribution in [0.2, 0.25) is 5.02 Å². The van der Waals surface area contributed by atoms with E-state index in [2.05, 4.69) is 11.4 Å². The third-order valence-electron chi connectivity index (χ3n) is 6.37. The van der Waals surface area contributed by atoms with E-state index in [0.29, 0.717) is 31.0 Å². The van der Waals surface area contributed by atoms with E-state index in [-0.39, 0.29) is 17.9 Å². The summed E-state index contributed by atoms with van der Waals surface area (Å²) in [4.78, 5) is 31.5. The van der Waals surface area contributed by atoms with Crippen LogP contribution in [-0.2, 0) is 28.0 Å². The molecule has 5 rings (SSSR count). The molecule has 2 fully saturated rings. The highest BCUT2D eigenvalue weighted by atomic mass is 35.5. The average molecular weight is 401 g/mol. The maximum Gasteiger partial charge on any atom is 0.235 e. The van der Waals surface area contributed by atoms with Gasteiger partial charge in [0.05, 0.1) is 5.41 Å². The Kier molecular flexibility index (Phi) is 4.06. The number of carbonyl (C=O) groups is 2. The number of rotatable bonds is 2. The molecule has 27 heavy (non-hydrogen) atoms. The number of fused-ring (bicyclic) bond motifs is 2. The lowest BCUT2D eigenvalue weighted by atomic mass is 9.76. The molecule has 1 aromatic heterocycles. The first kappa shape index (κ1) is 17.3. The molecule has 2 saturated heterocycles. The van der Waals surface area contributed by atoms with E-state index in [0.717, 1.165) is 24.9 Å². The first-order valence-electron chi connectivity index (χ1n) is 9.47. The van der Waals surface area contributed by atoms with Crippen LogP contribution >= 0.6 is 22.9 Å². The Hall–Kier alpha value is -1.85. The number of hydrogen-bond acceptors (Lipinski definition) is 3. The fraction of sp³-hybridized carbons (Fsp3) is 0.429. The van der Waals surface area contributed by atoms with Gasteiger partial charge in [-0.3, -0.25) is 9.59 Å². The third kappa shape index (κ3) is 2.63. The largest absolute Gasteiger partial charge is 0.338 e. The summed E-state index contributed by atoms with van der Waals surface area (Å²) < 4.78 is 0. The topological polar surface area (TPSA) is 40.6 Å². The summed E-state index contributed by atoms with van der Waals surface area (Å²) >= 11 is 8.33. The molecule has 0 saturated carbocycles. The SMILES string of the molecule is O=C1CC[C@H]2C[C@@](C(=O)N3CCc4sccc4C3)(c3ccccc3Cl)CN12. The van der Waals surface area contributed by atoms with Gasteiger partial charge in [0.2, 0.25) is 11.8 Å². The molecule has 2 atom stereocenters. The van der Waals surface area contributed by atoms with Crippen molar-refractivity contribution in [2.75, 3.05) is 13.1 Å². The average Bonchev–Trinajstić information content (AvgIpc) is 3.37. The minimum Gasteiger partial charge on any atom is -0.338 e. The third-order valence-corrected chi connectivity index (χ3v) is 7.72. The highest BCUT2D eigenvalue weighted by Gasteiger charge is 2.55. The van der Waals surface area contributed by atoms with Gasteiger partial charge in [0.1, 0.15) is 0 Å². The lowest BCUT2D eigenvalue weighted by Gasteiger charge is -2.37. The predicted molar refractivity (Wildman–Crippen MR) is 106 cm³/mol. The number of nitrogens with zero attached hydrogens (tertiary/aromatic N) is 2. The van der Waals surface area contributed by atoms with Crippen LogP contribution in [0.15, 0.2) is 35.7 Å². The standard InChI is InChI=1S/C21H21ClN2O2S/c22-17-4-2-1-3-16(17)21(11-15-5-6-19(25)24(15)13-21)20(26)23-9-7-18-14(12-23)8-10-27-18/h1-4,8,10,15H,5-7,9,11-13H2/t15-,21-/m0/s1. The van der Waals surface area contributed by atoms with Crippen molar-refractivity contribution < 1.29 is 9.59 Å². The van der Waals surface area contributed by atoms with Gasteiger partial charge in [-0.15, -0.1) is 11.3 Å². The highest BCUT2D eigenvalue weighted by Crippen LogP contribution is 2.46. The second-order valence-corrected chi connectivity index (χ2v) is 9.23. The van der Waals surface area contributed by atoms with Crippen LogP contribution in [0, 0.1) is 0 Å². The van der Waals surface area contributed by atoms with Crippen LogP contribution in [0.3, 0.4) is 0 Å². The minimum atomic E-state index is -0.730. The maximum absolute atomic E-state index is 13.9. The van der Waals surface area contributed by atoms with Gasteiger partial charge in [0, 0.05) is 42.0 Å². The Balaban J connectivity index is 1.54.